The summed E-state index contributed by atoms with van der Waals surface area (Å²) in [5.41, 5.74) is 1.06. The number of fused-ring (bicyclic) bond motifs is 3. The molecule has 10 heteroatoms. The van der Waals surface area contributed by atoms with Crippen LogP contribution in [0, 0.1) is 0 Å². The van der Waals surface area contributed by atoms with Gasteiger partial charge in [-0.15, -0.1) is 32.9 Å². The normalized spacial score (nSPS) is 14.5. The van der Waals surface area contributed by atoms with Gasteiger partial charge in [-0.05, 0) is 49.6 Å². The predicted octanol–water partition coefficient (Wildman–Crippen LogP) is 4.14. The monoisotopic (exact) mass is 456 g/mol. The standard InChI is InChI=1S/C21H20N4O4S2/c1-12(18-23-24-19(29-18)15-7-4-10-30-15)28-16(26)8-9-25-11-22-20-17(21(25)27)13-5-2-3-6-14(13)31-20/h4,7,10-12H,2-3,5-6,8-9H2,1H3. The predicted molar refractivity (Wildman–Crippen MR) is 117 cm³/mol. The molecule has 0 bridgehead atoms. The molecule has 1 aliphatic carbocycles. The van der Waals surface area contributed by atoms with Gasteiger partial charge in [0.05, 0.1) is 23.0 Å². The fourth-order valence-electron chi connectivity index (χ4n) is 3.76. The number of carbonyl (C=O) groups is 1. The van der Waals surface area contributed by atoms with Gasteiger partial charge in [0, 0.05) is 11.4 Å². The molecule has 0 amide bonds. The topological polar surface area (TPSA) is 100 Å². The van der Waals surface area contributed by atoms with Crippen LogP contribution in [-0.2, 0) is 28.9 Å². The highest BCUT2D eigenvalue weighted by molar-refractivity contribution is 7.18. The van der Waals surface area contributed by atoms with Crippen molar-refractivity contribution >= 4 is 38.9 Å². The van der Waals surface area contributed by atoms with Crippen LogP contribution in [0.1, 0.15) is 48.6 Å². The summed E-state index contributed by atoms with van der Waals surface area (Å²) in [6.45, 7) is 1.89. The number of esters is 1. The second kappa shape index (κ2) is 8.35. The van der Waals surface area contributed by atoms with Gasteiger partial charge in [-0.25, -0.2) is 4.98 Å². The van der Waals surface area contributed by atoms with E-state index in [1.165, 1.54) is 27.1 Å². The van der Waals surface area contributed by atoms with Crippen molar-refractivity contribution < 1.29 is 13.9 Å². The van der Waals surface area contributed by atoms with Crippen LogP contribution in [0.15, 0.2) is 33.1 Å². The number of aromatic nitrogens is 4. The van der Waals surface area contributed by atoms with Crippen LogP contribution in [0.25, 0.3) is 21.0 Å². The minimum absolute atomic E-state index is 0.0513. The molecule has 1 unspecified atom stereocenters. The average Bonchev–Trinajstić information content (AvgIpc) is 3.52. The second-order valence-corrected chi connectivity index (χ2v) is 9.47. The largest absolute Gasteiger partial charge is 0.453 e. The summed E-state index contributed by atoms with van der Waals surface area (Å²) in [6, 6.07) is 3.78. The van der Waals surface area contributed by atoms with Gasteiger partial charge in [0.25, 0.3) is 17.3 Å². The minimum Gasteiger partial charge on any atom is -0.453 e. The fraction of sp³-hybridized carbons (Fsp3) is 0.381. The summed E-state index contributed by atoms with van der Waals surface area (Å²) < 4.78 is 12.5. The SMILES string of the molecule is CC(OC(=O)CCn1cnc2sc3c(c2c1=O)CCCC3)c1nnc(-c2cccs2)o1. The fourth-order valence-corrected chi connectivity index (χ4v) is 5.62. The van der Waals surface area contributed by atoms with Crippen LogP contribution < -0.4 is 5.56 Å². The Morgan fingerprint density at radius 2 is 2.19 bits per heavy atom. The molecule has 1 atom stereocenters. The molecule has 31 heavy (non-hydrogen) atoms. The van der Waals surface area contributed by atoms with E-state index in [4.69, 9.17) is 9.15 Å². The Hall–Kier alpha value is -2.85. The van der Waals surface area contributed by atoms with Crippen LogP contribution in [-0.4, -0.2) is 25.7 Å². The highest BCUT2D eigenvalue weighted by atomic mass is 32.1. The van der Waals surface area contributed by atoms with Crippen molar-refractivity contribution in [2.75, 3.05) is 0 Å². The van der Waals surface area contributed by atoms with Crippen LogP contribution >= 0.6 is 22.7 Å². The van der Waals surface area contributed by atoms with Gasteiger partial charge in [0.1, 0.15) is 4.83 Å². The lowest BCUT2D eigenvalue weighted by molar-refractivity contribution is -0.149. The Balaban J connectivity index is 1.25. The first-order valence-electron chi connectivity index (χ1n) is 10.2. The quantitative estimate of drug-likeness (QED) is 0.402. The molecule has 1 aliphatic rings. The number of hydrogen-bond donors (Lipinski definition) is 0. The Bertz CT molecular complexity index is 1290. The first kappa shape index (κ1) is 20.1. The Morgan fingerprint density at radius 3 is 3.03 bits per heavy atom. The lowest BCUT2D eigenvalue weighted by Crippen LogP contribution is -2.23. The molecule has 0 radical (unpaired) electrons. The van der Waals surface area contributed by atoms with Crippen molar-refractivity contribution in [3.63, 3.8) is 0 Å². The van der Waals surface area contributed by atoms with Crippen LogP contribution in [0.3, 0.4) is 0 Å². The molecule has 0 saturated carbocycles. The van der Waals surface area contributed by atoms with Crippen molar-refractivity contribution in [3.05, 3.63) is 50.5 Å². The van der Waals surface area contributed by atoms with Gasteiger partial charge in [-0.3, -0.25) is 14.2 Å². The zero-order valence-electron chi connectivity index (χ0n) is 16.9. The molecule has 0 fully saturated rings. The molecule has 0 saturated heterocycles. The first-order valence-corrected chi connectivity index (χ1v) is 11.9. The van der Waals surface area contributed by atoms with E-state index in [1.807, 2.05) is 17.5 Å². The summed E-state index contributed by atoms with van der Waals surface area (Å²) in [5.74, 6) is 0.197. The number of hydrogen-bond acceptors (Lipinski definition) is 9. The van der Waals surface area contributed by atoms with Gasteiger partial charge >= 0.3 is 5.97 Å². The maximum atomic E-state index is 13.0. The van der Waals surface area contributed by atoms with Crippen molar-refractivity contribution in [1.29, 1.82) is 0 Å². The van der Waals surface area contributed by atoms with Crippen LogP contribution in [0.4, 0.5) is 0 Å². The summed E-state index contributed by atoms with van der Waals surface area (Å²) in [5, 5.41) is 10.6. The number of rotatable bonds is 6. The third-order valence-electron chi connectivity index (χ3n) is 5.33. The number of nitrogens with zero attached hydrogens (tertiary/aromatic N) is 4. The molecular weight excluding hydrogens is 436 g/mol. The molecule has 4 heterocycles. The van der Waals surface area contributed by atoms with E-state index in [9.17, 15) is 9.59 Å². The number of ether oxygens (including phenoxy) is 1. The van der Waals surface area contributed by atoms with E-state index in [-0.39, 0.29) is 24.4 Å². The van der Waals surface area contributed by atoms with Crippen LogP contribution in [0.2, 0.25) is 0 Å². The average molecular weight is 457 g/mol. The van der Waals surface area contributed by atoms with Crippen molar-refractivity contribution in [2.45, 2.75) is 51.7 Å². The van der Waals surface area contributed by atoms with E-state index in [2.05, 4.69) is 15.2 Å². The molecule has 0 aliphatic heterocycles. The highest BCUT2D eigenvalue weighted by Gasteiger charge is 2.22. The molecule has 160 valence electrons. The summed E-state index contributed by atoms with van der Waals surface area (Å²) in [6.07, 6.45) is 5.10. The van der Waals surface area contributed by atoms with E-state index < -0.39 is 12.1 Å². The molecule has 4 aromatic rings. The van der Waals surface area contributed by atoms with Gasteiger partial charge in [-0.2, -0.15) is 0 Å². The van der Waals surface area contributed by atoms with Crippen LogP contribution in [0.5, 0.6) is 0 Å². The van der Waals surface area contributed by atoms with E-state index in [0.29, 0.717) is 5.89 Å². The van der Waals surface area contributed by atoms with E-state index in [0.717, 1.165) is 46.3 Å². The van der Waals surface area contributed by atoms with Gasteiger partial charge in [0.15, 0.2) is 6.10 Å². The zero-order chi connectivity index (χ0) is 21.4. The Morgan fingerprint density at radius 1 is 1.32 bits per heavy atom. The van der Waals surface area contributed by atoms with E-state index in [1.54, 1.807) is 18.3 Å². The van der Waals surface area contributed by atoms with Crippen molar-refractivity contribution in [1.82, 2.24) is 19.7 Å². The summed E-state index contributed by atoms with van der Waals surface area (Å²) in [7, 11) is 0. The lowest BCUT2D eigenvalue weighted by Gasteiger charge is -2.11. The second-order valence-electron chi connectivity index (χ2n) is 7.44. The molecule has 0 N–H and O–H groups in total. The maximum absolute atomic E-state index is 13.0. The Kier molecular flexibility index (Phi) is 5.41. The molecule has 0 aromatic carbocycles. The van der Waals surface area contributed by atoms with Gasteiger partial charge in [-0.1, -0.05) is 6.07 Å². The van der Waals surface area contributed by atoms with Crippen molar-refractivity contribution in [3.8, 4) is 10.8 Å². The van der Waals surface area contributed by atoms with Gasteiger partial charge in [0.2, 0.25) is 0 Å². The third-order valence-corrected chi connectivity index (χ3v) is 7.38. The molecule has 0 spiro atoms. The molecule has 5 rings (SSSR count). The molecule has 4 aromatic heterocycles. The molecular formula is C21H20N4O4S2. The summed E-state index contributed by atoms with van der Waals surface area (Å²) in [4.78, 5) is 32.7. The first-order chi connectivity index (χ1) is 15.1. The maximum Gasteiger partial charge on any atom is 0.308 e. The zero-order valence-corrected chi connectivity index (χ0v) is 18.5. The minimum atomic E-state index is -0.671. The smallest absolute Gasteiger partial charge is 0.308 e. The summed E-state index contributed by atoms with van der Waals surface area (Å²) >= 11 is 3.11. The Labute approximate surface area is 185 Å². The number of carbonyl (C=O) groups excluding carboxylic acids is 1. The third kappa shape index (κ3) is 3.92. The molecule has 8 nitrogen and oxygen atoms in total. The van der Waals surface area contributed by atoms with Crippen molar-refractivity contribution in [2.24, 2.45) is 0 Å². The van der Waals surface area contributed by atoms with Gasteiger partial charge < -0.3 is 9.15 Å². The lowest BCUT2D eigenvalue weighted by atomic mass is 9.97. The number of aryl methyl sites for hydroxylation is 3. The van der Waals surface area contributed by atoms with E-state index >= 15 is 0 Å². The highest BCUT2D eigenvalue weighted by Crippen LogP contribution is 2.33. The number of thiophene rings is 2.